The number of para-hydroxylation sites is 1. The average Bonchev–Trinajstić information content (AvgIpc) is 3.10. The summed E-state index contributed by atoms with van der Waals surface area (Å²) in [6.07, 6.45) is 4.69. The number of methoxy groups -OCH3 is 1. The molecular formula is C15H19N3O2. The van der Waals surface area contributed by atoms with Gasteiger partial charge in [-0.2, -0.15) is 4.98 Å². The highest BCUT2D eigenvalue weighted by Crippen LogP contribution is 2.34. The highest BCUT2D eigenvalue weighted by molar-refractivity contribution is 5.34. The van der Waals surface area contributed by atoms with Gasteiger partial charge in [0.2, 0.25) is 5.89 Å². The molecule has 2 N–H and O–H groups in total. The van der Waals surface area contributed by atoms with Crippen LogP contribution in [-0.2, 0) is 12.0 Å². The van der Waals surface area contributed by atoms with Gasteiger partial charge in [-0.3, -0.25) is 0 Å². The quantitative estimate of drug-likeness (QED) is 0.925. The minimum Gasteiger partial charge on any atom is -0.496 e. The van der Waals surface area contributed by atoms with Crippen LogP contribution in [0.15, 0.2) is 28.8 Å². The van der Waals surface area contributed by atoms with E-state index in [1.165, 1.54) is 0 Å². The molecule has 5 heteroatoms. The molecule has 1 aromatic carbocycles. The molecule has 3 rings (SSSR count). The summed E-state index contributed by atoms with van der Waals surface area (Å²) in [5.74, 6) is 2.05. The Bertz CT molecular complexity index is 588. The lowest BCUT2D eigenvalue weighted by molar-refractivity contribution is 0.350. The molecule has 0 amide bonds. The molecule has 5 nitrogen and oxygen atoms in total. The summed E-state index contributed by atoms with van der Waals surface area (Å²) < 4.78 is 10.7. The van der Waals surface area contributed by atoms with Gasteiger partial charge in [0, 0.05) is 5.56 Å². The van der Waals surface area contributed by atoms with Gasteiger partial charge in [0.05, 0.1) is 19.1 Å². The molecule has 106 valence electrons. The predicted molar refractivity (Wildman–Crippen MR) is 74.4 cm³/mol. The topological polar surface area (TPSA) is 74.2 Å². The first-order valence-electron chi connectivity index (χ1n) is 6.95. The summed E-state index contributed by atoms with van der Waals surface area (Å²) in [5, 5.41) is 4.07. The van der Waals surface area contributed by atoms with E-state index < -0.39 is 5.54 Å². The Morgan fingerprint density at radius 1 is 1.30 bits per heavy atom. The fourth-order valence-corrected chi connectivity index (χ4v) is 2.77. The molecule has 1 heterocycles. The van der Waals surface area contributed by atoms with Crippen LogP contribution >= 0.6 is 0 Å². The lowest BCUT2D eigenvalue weighted by Gasteiger charge is -2.17. The molecular weight excluding hydrogens is 254 g/mol. The van der Waals surface area contributed by atoms with Crippen LogP contribution in [0.5, 0.6) is 5.75 Å². The summed E-state index contributed by atoms with van der Waals surface area (Å²) in [5.41, 5.74) is 6.96. The summed E-state index contributed by atoms with van der Waals surface area (Å²) in [6, 6.07) is 7.83. The van der Waals surface area contributed by atoms with E-state index in [9.17, 15) is 0 Å². The molecule has 0 radical (unpaired) electrons. The van der Waals surface area contributed by atoms with Gasteiger partial charge < -0.3 is 15.0 Å². The third kappa shape index (κ3) is 2.41. The number of hydrogen-bond donors (Lipinski definition) is 1. The molecule has 1 aliphatic carbocycles. The second kappa shape index (κ2) is 5.25. The second-order valence-electron chi connectivity index (χ2n) is 5.36. The van der Waals surface area contributed by atoms with Crippen LogP contribution in [0.2, 0.25) is 0 Å². The third-order valence-electron chi connectivity index (χ3n) is 3.94. The van der Waals surface area contributed by atoms with Gasteiger partial charge in [0.15, 0.2) is 5.82 Å². The monoisotopic (exact) mass is 273 g/mol. The normalized spacial score (nSPS) is 17.3. The van der Waals surface area contributed by atoms with Gasteiger partial charge in [-0.15, -0.1) is 0 Å². The lowest BCUT2D eigenvalue weighted by Crippen LogP contribution is -2.34. The molecule has 1 aliphatic rings. The number of nitrogens with zero attached hydrogens (tertiary/aromatic N) is 2. The largest absolute Gasteiger partial charge is 0.496 e. The Hall–Kier alpha value is -1.88. The van der Waals surface area contributed by atoms with E-state index in [1.807, 2.05) is 24.3 Å². The molecule has 0 bridgehead atoms. The van der Waals surface area contributed by atoms with E-state index in [2.05, 4.69) is 10.1 Å². The average molecular weight is 273 g/mol. The lowest BCUT2D eigenvalue weighted by atomic mass is 9.99. The van der Waals surface area contributed by atoms with Gasteiger partial charge in [0.25, 0.3) is 0 Å². The van der Waals surface area contributed by atoms with Crippen LogP contribution in [-0.4, -0.2) is 17.3 Å². The molecule has 0 aliphatic heterocycles. The molecule has 1 fully saturated rings. The molecule has 0 saturated heterocycles. The Morgan fingerprint density at radius 3 is 2.80 bits per heavy atom. The number of rotatable bonds is 4. The van der Waals surface area contributed by atoms with Crippen LogP contribution in [0.1, 0.15) is 43.0 Å². The summed E-state index contributed by atoms with van der Waals surface area (Å²) in [6.45, 7) is 0. The maximum absolute atomic E-state index is 6.33. The zero-order valence-corrected chi connectivity index (χ0v) is 11.6. The molecule has 0 spiro atoms. The standard InChI is InChI=1S/C15H19N3O2/c1-19-12-7-3-2-6-11(12)10-13-17-14(18-20-13)15(16)8-4-5-9-15/h2-3,6-7H,4-5,8-10,16H2,1H3. The van der Waals surface area contributed by atoms with Gasteiger partial charge in [-0.05, 0) is 18.9 Å². The van der Waals surface area contributed by atoms with Crippen molar-refractivity contribution in [2.75, 3.05) is 7.11 Å². The zero-order valence-electron chi connectivity index (χ0n) is 11.6. The van der Waals surface area contributed by atoms with Gasteiger partial charge >= 0.3 is 0 Å². The number of hydrogen-bond acceptors (Lipinski definition) is 5. The molecule has 2 aromatic rings. The van der Waals surface area contributed by atoms with Crippen molar-refractivity contribution in [3.05, 3.63) is 41.5 Å². The van der Waals surface area contributed by atoms with Gasteiger partial charge in [-0.1, -0.05) is 36.2 Å². The van der Waals surface area contributed by atoms with E-state index in [1.54, 1.807) is 7.11 Å². The zero-order chi connectivity index (χ0) is 14.0. The maximum Gasteiger partial charge on any atom is 0.231 e. The molecule has 0 unspecified atom stereocenters. The van der Waals surface area contributed by atoms with Crippen molar-refractivity contribution in [2.24, 2.45) is 5.73 Å². The van der Waals surface area contributed by atoms with Crippen LogP contribution in [0.3, 0.4) is 0 Å². The van der Waals surface area contributed by atoms with Crippen LogP contribution < -0.4 is 10.5 Å². The first-order valence-corrected chi connectivity index (χ1v) is 6.95. The molecule has 1 saturated carbocycles. The first-order chi connectivity index (χ1) is 9.71. The van der Waals surface area contributed by atoms with Crippen molar-refractivity contribution in [1.82, 2.24) is 10.1 Å². The first kappa shape index (κ1) is 13.1. The van der Waals surface area contributed by atoms with Crippen molar-refractivity contribution in [3.8, 4) is 5.75 Å². The van der Waals surface area contributed by atoms with Crippen LogP contribution in [0, 0.1) is 0 Å². The highest BCUT2D eigenvalue weighted by Gasteiger charge is 2.35. The molecule has 1 aromatic heterocycles. The maximum atomic E-state index is 6.33. The fourth-order valence-electron chi connectivity index (χ4n) is 2.77. The molecule has 0 atom stereocenters. The van der Waals surface area contributed by atoms with Crippen molar-refractivity contribution in [2.45, 2.75) is 37.6 Å². The minimum absolute atomic E-state index is 0.400. The Kier molecular flexibility index (Phi) is 3.44. The number of aromatic nitrogens is 2. The van der Waals surface area contributed by atoms with Crippen molar-refractivity contribution >= 4 is 0 Å². The van der Waals surface area contributed by atoms with E-state index in [4.69, 9.17) is 15.0 Å². The van der Waals surface area contributed by atoms with E-state index in [0.29, 0.717) is 18.1 Å². The van der Waals surface area contributed by atoms with Crippen molar-refractivity contribution < 1.29 is 9.26 Å². The second-order valence-corrected chi connectivity index (χ2v) is 5.36. The van der Waals surface area contributed by atoms with E-state index in [0.717, 1.165) is 37.0 Å². The van der Waals surface area contributed by atoms with Crippen LogP contribution in [0.4, 0.5) is 0 Å². The number of benzene rings is 1. The van der Waals surface area contributed by atoms with Crippen LogP contribution in [0.25, 0.3) is 0 Å². The SMILES string of the molecule is COc1ccccc1Cc1nc(C2(N)CCCC2)no1. The number of nitrogens with two attached hydrogens (primary N) is 1. The molecule has 20 heavy (non-hydrogen) atoms. The fraction of sp³-hybridized carbons (Fsp3) is 0.467. The summed E-state index contributed by atoms with van der Waals surface area (Å²) in [4.78, 5) is 4.48. The Morgan fingerprint density at radius 2 is 2.05 bits per heavy atom. The number of ether oxygens (including phenoxy) is 1. The highest BCUT2D eigenvalue weighted by atomic mass is 16.5. The summed E-state index contributed by atoms with van der Waals surface area (Å²) in [7, 11) is 1.66. The third-order valence-corrected chi connectivity index (χ3v) is 3.94. The summed E-state index contributed by atoms with van der Waals surface area (Å²) >= 11 is 0. The van der Waals surface area contributed by atoms with Crippen molar-refractivity contribution in [1.29, 1.82) is 0 Å². The Balaban J connectivity index is 1.80. The van der Waals surface area contributed by atoms with Gasteiger partial charge in [0.1, 0.15) is 5.75 Å². The van der Waals surface area contributed by atoms with Crippen molar-refractivity contribution in [3.63, 3.8) is 0 Å². The van der Waals surface area contributed by atoms with E-state index in [-0.39, 0.29) is 0 Å². The Labute approximate surface area is 118 Å². The smallest absolute Gasteiger partial charge is 0.231 e. The minimum atomic E-state index is -0.400. The van der Waals surface area contributed by atoms with Gasteiger partial charge in [-0.25, -0.2) is 0 Å². The predicted octanol–water partition coefficient (Wildman–Crippen LogP) is 2.40. The van der Waals surface area contributed by atoms with E-state index >= 15 is 0 Å².